The van der Waals surface area contributed by atoms with Crippen LogP contribution in [0.4, 0.5) is 0 Å². The first-order chi connectivity index (χ1) is 9.04. The fraction of sp³-hybridized carbons (Fsp3) is 0.800. The van der Waals surface area contributed by atoms with Crippen LogP contribution in [0.25, 0.3) is 0 Å². The van der Waals surface area contributed by atoms with E-state index < -0.39 is 0 Å². The lowest BCUT2D eigenvalue weighted by molar-refractivity contribution is 0.233. The Morgan fingerprint density at radius 3 is 2.53 bits per heavy atom. The van der Waals surface area contributed by atoms with Gasteiger partial charge in [0, 0.05) is 6.04 Å². The van der Waals surface area contributed by atoms with Crippen LogP contribution in [-0.2, 0) is 0 Å². The second-order valence-corrected chi connectivity index (χ2v) is 6.54. The highest BCUT2D eigenvalue weighted by atomic mass is 35.5. The normalized spacial score (nSPS) is 25.8. The summed E-state index contributed by atoms with van der Waals surface area (Å²) < 4.78 is 1.99. The summed E-state index contributed by atoms with van der Waals surface area (Å²) in [6.45, 7) is 6.52. The van der Waals surface area contributed by atoms with Gasteiger partial charge < -0.3 is 5.73 Å². The number of nitrogens with two attached hydrogens (primary N) is 1. The number of aromatic nitrogens is 2. The van der Waals surface area contributed by atoms with Crippen LogP contribution >= 0.6 is 11.6 Å². The molecule has 1 heterocycles. The monoisotopic (exact) mass is 283 g/mol. The zero-order valence-electron chi connectivity index (χ0n) is 12.3. The molecule has 1 aromatic heterocycles. The highest BCUT2D eigenvalue weighted by Crippen LogP contribution is 2.38. The van der Waals surface area contributed by atoms with Crippen molar-refractivity contribution >= 4 is 11.6 Å². The van der Waals surface area contributed by atoms with Crippen LogP contribution in [0.3, 0.4) is 0 Å². The first-order valence-electron chi connectivity index (χ1n) is 7.53. The van der Waals surface area contributed by atoms with Crippen molar-refractivity contribution in [2.45, 2.75) is 65.0 Å². The second-order valence-electron chi connectivity index (χ2n) is 6.13. The maximum atomic E-state index is 6.50. The van der Waals surface area contributed by atoms with Gasteiger partial charge in [0.05, 0.1) is 23.0 Å². The Bertz CT molecular complexity index is 406. The van der Waals surface area contributed by atoms with E-state index in [1.54, 1.807) is 6.20 Å². The molecule has 4 heteroatoms. The quantitative estimate of drug-likeness (QED) is 0.893. The van der Waals surface area contributed by atoms with Crippen molar-refractivity contribution in [2.24, 2.45) is 17.6 Å². The molecule has 1 aliphatic rings. The maximum Gasteiger partial charge on any atom is 0.0834 e. The molecule has 0 radical (unpaired) electrons. The summed E-state index contributed by atoms with van der Waals surface area (Å²) in [5.41, 5.74) is 7.52. The third-order valence-corrected chi connectivity index (χ3v) is 4.86. The van der Waals surface area contributed by atoms with E-state index in [1.807, 2.05) is 4.68 Å². The number of hydrogen-bond acceptors (Lipinski definition) is 2. The molecule has 1 atom stereocenters. The first kappa shape index (κ1) is 14.9. The standard InChI is InChI=1S/C15H26ClN3/c1-4-11-5-7-12(8-6-11)14(17)15-13(16)9-18-19(15)10(2)3/h9-12,14H,4-8,17H2,1-3H3. The van der Waals surface area contributed by atoms with Crippen LogP contribution in [0.5, 0.6) is 0 Å². The minimum absolute atomic E-state index is 0.0233. The zero-order valence-corrected chi connectivity index (χ0v) is 13.0. The first-order valence-corrected chi connectivity index (χ1v) is 7.90. The molecule has 108 valence electrons. The molecule has 1 unspecified atom stereocenters. The Balaban J connectivity index is 2.12. The molecule has 0 amide bonds. The van der Waals surface area contributed by atoms with E-state index in [4.69, 9.17) is 17.3 Å². The summed E-state index contributed by atoms with van der Waals surface area (Å²) in [7, 11) is 0. The molecule has 0 aromatic carbocycles. The molecule has 0 bridgehead atoms. The lowest BCUT2D eigenvalue weighted by Crippen LogP contribution is -2.28. The van der Waals surface area contributed by atoms with E-state index in [1.165, 1.54) is 32.1 Å². The fourth-order valence-corrected chi connectivity index (χ4v) is 3.51. The van der Waals surface area contributed by atoms with Crippen LogP contribution in [0.15, 0.2) is 6.20 Å². The van der Waals surface area contributed by atoms with E-state index in [-0.39, 0.29) is 6.04 Å². The molecular formula is C15H26ClN3. The molecule has 0 spiro atoms. The van der Waals surface area contributed by atoms with Gasteiger partial charge in [-0.15, -0.1) is 0 Å². The van der Waals surface area contributed by atoms with Crippen LogP contribution in [0.2, 0.25) is 5.02 Å². The molecule has 19 heavy (non-hydrogen) atoms. The Labute approximate surface area is 121 Å². The molecule has 1 saturated carbocycles. The van der Waals surface area contributed by atoms with Gasteiger partial charge >= 0.3 is 0 Å². The van der Waals surface area contributed by atoms with Crippen molar-refractivity contribution in [3.8, 4) is 0 Å². The van der Waals surface area contributed by atoms with E-state index in [2.05, 4.69) is 25.9 Å². The number of hydrogen-bond donors (Lipinski definition) is 1. The van der Waals surface area contributed by atoms with Gasteiger partial charge in [-0.25, -0.2) is 0 Å². The lowest BCUT2D eigenvalue weighted by Gasteiger charge is -2.32. The Morgan fingerprint density at radius 2 is 2.00 bits per heavy atom. The van der Waals surface area contributed by atoms with E-state index in [9.17, 15) is 0 Å². The highest BCUT2D eigenvalue weighted by molar-refractivity contribution is 6.31. The minimum atomic E-state index is 0.0233. The molecule has 1 aromatic rings. The summed E-state index contributed by atoms with van der Waals surface area (Å²) in [6.07, 6.45) is 8.09. The summed E-state index contributed by atoms with van der Waals surface area (Å²) in [5.74, 6) is 1.45. The van der Waals surface area contributed by atoms with Gasteiger partial charge in [-0.3, -0.25) is 4.68 Å². The van der Waals surface area contributed by atoms with Crippen molar-refractivity contribution in [3.05, 3.63) is 16.9 Å². The Hall–Kier alpha value is -0.540. The zero-order chi connectivity index (χ0) is 14.0. The average molecular weight is 284 g/mol. The summed E-state index contributed by atoms with van der Waals surface area (Å²) in [6, 6.07) is 0.329. The molecule has 3 nitrogen and oxygen atoms in total. The summed E-state index contributed by atoms with van der Waals surface area (Å²) in [5, 5.41) is 5.09. The van der Waals surface area contributed by atoms with Gasteiger partial charge in [0.15, 0.2) is 0 Å². The van der Waals surface area contributed by atoms with E-state index in [0.717, 1.165) is 16.6 Å². The van der Waals surface area contributed by atoms with E-state index in [0.29, 0.717) is 12.0 Å². The molecule has 0 saturated heterocycles. The van der Waals surface area contributed by atoms with Crippen molar-refractivity contribution in [1.29, 1.82) is 0 Å². The SMILES string of the molecule is CCC1CCC(C(N)c2c(Cl)cnn2C(C)C)CC1. The fourth-order valence-electron chi connectivity index (χ4n) is 3.25. The van der Waals surface area contributed by atoms with Gasteiger partial charge in [-0.2, -0.15) is 5.10 Å². The molecule has 1 aliphatic carbocycles. The third kappa shape index (κ3) is 3.14. The Morgan fingerprint density at radius 1 is 1.37 bits per heavy atom. The molecular weight excluding hydrogens is 258 g/mol. The van der Waals surface area contributed by atoms with Crippen LogP contribution < -0.4 is 5.73 Å². The van der Waals surface area contributed by atoms with Gasteiger partial charge in [-0.1, -0.05) is 37.8 Å². The Kier molecular flexibility index (Phi) is 4.91. The van der Waals surface area contributed by atoms with E-state index >= 15 is 0 Å². The van der Waals surface area contributed by atoms with Crippen LogP contribution in [0, 0.1) is 11.8 Å². The van der Waals surface area contributed by atoms with Crippen molar-refractivity contribution < 1.29 is 0 Å². The van der Waals surface area contributed by atoms with Gasteiger partial charge in [0.25, 0.3) is 0 Å². The molecule has 0 aliphatic heterocycles. The number of halogens is 1. The smallest absolute Gasteiger partial charge is 0.0834 e. The average Bonchev–Trinajstić information content (AvgIpc) is 2.80. The topological polar surface area (TPSA) is 43.8 Å². The van der Waals surface area contributed by atoms with Gasteiger partial charge in [0.2, 0.25) is 0 Å². The largest absolute Gasteiger partial charge is 0.322 e. The number of nitrogens with zero attached hydrogens (tertiary/aromatic N) is 2. The predicted molar refractivity (Wildman–Crippen MR) is 80.3 cm³/mol. The molecule has 2 N–H and O–H groups in total. The van der Waals surface area contributed by atoms with Gasteiger partial charge in [0.1, 0.15) is 0 Å². The van der Waals surface area contributed by atoms with Crippen LogP contribution in [-0.4, -0.2) is 9.78 Å². The van der Waals surface area contributed by atoms with Crippen molar-refractivity contribution in [3.63, 3.8) is 0 Å². The highest BCUT2D eigenvalue weighted by Gasteiger charge is 2.29. The predicted octanol–water partition coefficient (Wildman–Crippen LogP) is 4.33. The van der Waals surface area contributed by atoms with Crippen molar-refractivity contribution in [2.75, 3.05) is 0 Å². The summed E-state index contributed by atoms with van der Waals surface area (Å²) in [4.78, 5) is 0. The molecule has 1 fully saturated rings. The number of rotatable bonds is 4. The second kappa shape index (κ2) is 6.27. The lowest BCUT2D eigenvalue weighted by atomic mass is 9.77. The third-order valence-electron chi connectivity index (χ3n) is 4.57. The summed E-state index contributed by atoms with van der Waals surface area (Å²) >= 11 is 6.30. The van der Waals surface area contributed by atoms with Gasteiger partial charge in [-0.05, 0) is 38.5 Å². The maximum absolute atomic E-state index is 6.50. The van der Waals surface area contributed by atoms with Crippen LogP contribution in [0.1, 0.15) is 70.7 Å². The van der Waals surface area contributed by atoms with Crippen molar-refractivity contribution in [1.82, 2.24) is 9.78 Å². The molecule has 2 rings (SSSR count). The minimum Gasteiger partial charge on any atom is -0.322 e.